The number of anilines is 1. The molecule has 1 saturated carbocycles. The van der Waals surface area contributed by atoms with Crippen LogP contribution in [0.2, 0.25) is 0 Å². The standard InChI is InChI=1S/C22H28N4O4S/c1-29-17-9-8-14(10-18(17)30-2)11-19-24-25-22(31-19)23-21(28)15-12-20(27)26(13-15)16-6-4-3-5-7-16/h8-10,15-16H,3-7,11-13H2,1-2H3,(H,23,25,28). The molecule has 2 aromatic rings. The highest BCUT2D eigenvalue weighted by molar-refractivity contribution is 7.15. The van der Waals surface area contributed by atoms with Crippen LogP contribution < -0.4 is 14.8 Å². The van der Waals surface area contributed by atoms with Gasteiger partial charge in [-0.25, -0.2) is 0 Å². The maximum Gasteiger partial charge on any atom is 0.231 e. The fraction of sp³-hybridized carbons (Fsp3) is 0.545. The number of rotatable bonds is 7. The zero-order chi connectivity index (χ0) is 21.8. The Kier molecular flexibility index (Phi) is 6.70. The molecular formula is C22H28N4O4S. The molecule has 0 bridgehead atoms. The second-order valence-corrected chi connectivity index (χ2v) is 9.16. The second-order valence-electron chi connectivity index (χ2n) is 8.10. The van der Waals surface area contributed by atoms with E-state index < -0.39 is 0 Å². The van der Waals surface area contributed by atoms with Gasteiger partial charge in [-0.05, 0) is 30.5 Å². The van der Waals surface area contributed by atoms with Crippen LogP contribution in [0.4, 0.5) is 5.13 Å². The lowest BCUT2D eigenvalue weighted by Gasteiger charge is -2.31. The first-order valence-corrected chi connectivity index (χ1v) is 11.5. The van der Waals surface area contributed by atoms with E-state index in [1.165, 1.54) is 30.6 Å². The van der Waals surface area contributed by atoms with Gasteiger partial charge in [0.25, 0.3) is 0 Å². The third kappa shape index (κ3) is 4.98. The highest BCUT2D eigenvalue weighted by Crippen LogP contribution is 2.31. The SMILES string of the molecule is COc1ccc(Cc2nnc(NC(=O)C3CC(=O)N(C4CCCCC4)C3)s2)cc1OC. The molecule has 1 aliphatic carbocycles. The predicted molar refractivity (Wildman–Crippen MR) is 118 cm³/mol. The molecule has 1 aromatic heterocycles. The Balaban J connectivity index is 1.34. The van der Waals surface area contributed by atoms with E-state index in [-0.39, 0.29) is 24.2 Å². The topological polar surface area (TPSA) is 93.7 Å². The van der Waals surface area contributed by atoms with Gasteiger partial charge in [0, 0.05) is 25.4 Å². The van der Waals surface area contributed by atoms with Gasteiger partial charge in [0.15, 0.2) is 11.5 Å². The summed E-state index contributed by atoms with van der Waals surface area (Å²) in [4.78, 5) is 27.1. The Morgan fingerprint density at radius 3 is 2.68 bits per heavy atom. The first kappa shape index (κ1) is 21.5. The van der Waals surface area contributed by atoms with Crippen LogP contribution >= 0.6 is 11.3 Å². The molecule has 0 spiro atoms. The molecule has 2 heterocycles. The van der Waals surface area contributed by atoms with Crippen LogP contribution in [0.1, 0.15) is 49.1 Å². The summed E-state index contributed by atoms with van der Waals surface area (Å²) in [6.45, 7) is 0.507. The fourth-order valence-corrected chi connectivity index (χ4v) is 5.18. The quantitative estimate of drug-likeness (QED) is 0.705. The molecule has 1 atom stereocenters. The summed E-state index contributed by atoms with van der Waals surface area (Å²) in [7, 11) is 3.20. The molecule has 2 amide bonds. The van der Waals surface area contributed by atoms with Crippen LogP contribution in [0, 0.1) is 5.92 Å². The van der Waals surface area contributed by atoms with Gasteiger partial charge >= 0.3 is 0 Å². The average Bonchev–Trinajstić information content (AvgIpc) is 3.40. The number of amides is 2. The fourth-order valence-electron chi connectivity index (χ4n) is 4.40. The lowest BCUT2D eigenvalue weighted by molar-refractivity contribution is -0.130. The molecular weight excluding hydrogens is 416 g/mol. The maximum atomic E-state index is 12.7. The minimum atomic E-state index is -0.326. The average molecular weight is 445 g/mol. The van der Waals surface area contributed by atoms with Crippen molar-refractivity contribution in [3.05, 3.63) is 28.8 Å². The lowest BCUT2D eigenvalue weighted by Crippen LogP contribution is -2.38. The lowest BCUT2D eigenvalue weighted by atomic mass is 9.94. The third-order valence-corrected chi connectivity index (χ3v) is 6.88. The number of nitrogens with one attached hydrogen (secondary N) is 1. The Morgan fingerprint density at radius 2 is 1.94 bits per heavy atom. The molecule has 166 valence electrons. The zero-order valence-electron chi connectivity index (χ0n) is 17.9. The first-order valence-electron chi connectivity index (χ1n) is 10.7. The van der Waals surface area contributed by atoms with Crippen LogP contribution in [0.3, 0.4) is 0 Å². The number of nitrogens with zero attached hydrogens (tertiary/aromatic N) is 3. The number of ether oxygens (including phenoxy) is 2. The number of hydrogen-bond donors (Lipinski definition) is 1. The van der Waals surface area contributed by atoms with Crippen molar-refractivity contribution in [1.82, 2.24) is 15.1 Å². The van der Waals surface area contributed by atoms with Crippen LogP contribution in [0.25, 0.3) is 0 Å². The summed E-state index contributed by atoms with van der Waals surface area (Å²) in [5.74, 6) is 0.947. The predicted octanol–water partition coefficient (Wildman–Crippen LogP) is 3.27. The first-order chi connectivity index (χ1) is 15.1. The van der Waals surface area contributed by atoms with Crippen molar-refractivity contribution in [3.63, 3.8) is 0 Å². The Bertz CT molecular complexity index is 941. The molecule has 0 radical (unpaired) electrons. The van der Waals surface area contributed by atoms with Crippen molar-refractivity contribution in [1.29, 1.82) is 0 Å². The van der Waals surface area contributed by atoms with E-state index >= 15 is 0 Å². The van der Waals surface area contributed by atoms with E-state index in [1.807, 2.05) is 23.1 Å². The number of aromatic nitrogens is 2. The Morgan fingerprint density at radius 1 is 1.16 bits per heavy atom. The van der Waals surface area contributed by atoms with Crippen molar-refractivity contribution in [2.75, 3.05) is 26.1 Å². The van der Waals surface area contributed by atoms with E-state index in [0.717, 1.165) is 23.4 Å². The van der Waals surface area contributed by atoms with Crippen molar-refractivity contribution in [2.24, 2.45) is 5.92 Å². The van der Waals surface area contributed by atoms with E-state index in [1.54, 1.807) is 14.2 Å². The summed E-state index contributed by atoms with van der Waals surface area (Å²) in [6, 6.07) is 6.01. The molecule has 4 rings (SSSR count). The number of hydrogen-bond acceptors (Lipinski definition) is 7. The Hall–Kier alpha value is -2.68. The molecule has 2 fully saturated rings. The molecule has 1 aliphatic heterocycles. The summed E-state index contributed by atoms with van der Waals surface area (Å²) in [5.41, 5.74) is 1.01. The monoisotopic (exact) mass is 444 g/mol. The molecule has 1 saturated heterocycles. The number of benzene rings is 1. The summed E-state index contributed by atoms with van der Waals surface area (Å²) in [5, 5.41) is 12.4. The highest BCUT2D eigenvalue weighted by Gasteiger charge is 2.38. The Labute approximate surface area is 185 Å². The van der Waals surface area contributed by atoms with Gasteiger partial charge in [0.05, 0.1) is 20.1 Å². The highest BCUT2D eigenvalue weighted by atomic mass is 32.1. The van der Waals surface area contributed by atoms with Gasteiger partial charge in [-0.15, -0.1) is 10.2 Å². The van der Waals surface area contributed by atoms with Gasteiger partial charge in [-0.3, -0.25) is 9.59 Å². The maximum absolute atomic E-state index is 12.7. The van der Waals surface area contributed by atoms with Gasteiger partial charge in [-0.2, -0.15) is 0 Å². The van der Waals surface area contributed by atoms with Crippen LogP contribution in [0.15, 0.2) is 18.2 Å². The summed E-state index contributed by atoms with van der Waals surface area (Å²) < 4.78 is 10.6. The third-order valence-electron chi connectivity index (χ3n) is 6.04. The molecule has 31 heavy (non-hydrogen) atoms. The van der Waals surface area contributed by atoms with Gasteiger partial charge in [-0.1, -0.05) is 36.7 Å². The smallest absolute Gasteiger partial charge is 0.231 e. The summed E-state index contributed by atoms with van der Waals surface area (Å²) >= 11 is 1.34. The van der Waals surface area contributed by atoms with Crippen LogP contribution in [-0.4, -0.2) is 53.7 Å². The minimum Gasteiger partial charge on any atom is -0.493 e. The van der Waals surface area contributed by atoms with Crippen LogP contribution in [0.5, 0.6) is 11.5 Å². The van der Waals surface area contributed by atoms with E-state index in [0.29, 0.717) is 35.6 Å². The molecule has 1 aromatic carbocycles. The molecule has 9 heteroatoms. The normalized spacial score (nSPS) is 19.5. The van der Waals surface area contributed by atoms with Gasteiger partial charge < -0.3 is 19.7 Å². The molecule has 8 nitrogen and oxygen atoms in total. The summed E-state index contributed by atoms with van der Waals surface area (Å²) in [6.07, 6.45) is 6.53. The second kappa shape index (κ2) is 9.64. The van der Waals surface area contributed by atoms with Crippen molar-refractivity contribution in [3.8, 4) is 11.5 Å². The zero-order valence-corrected chi connectivity index (χ0v) is 18.7. The number of methoxy groups -OCH3 is 2. The largest absolute Gasteiger partial charge is 0.493 e. The van der Waals surface area contributed by atoms with Crippen molar-refractivity contribution < 1.29 is 19.1 Å². The molecule has 1 N–H and O–H groups in total. The number of likely N-dealkylation sites (tertiary alicyclic amines) is 1. The van der Waals surface area contributed by atoms with E-state index in [9.17, 15) is 9.59 Å². The van der Waals surface area contributed by atoms with E-state index in [4.69, 9.17) is 9.47 Å². The molecule has 1 unspecified atom stereocenters. The minimum absolute atomic E-state index is 0.0958. The molecule has 2 aliphatic rings. The number of carbonyl (C=O) groups is 2. The van der Waals surface area contributed by atoms with E-state index in [2.05, 4.69) is 15.5 Å². The van der Waals surface area contributed by atoms with Gasteiger partial charge in [0.1, 0.15) is 5.01 Å². The van der Waals surface area contributed by atoms with Crippen LogP contribution in [-0.2, 0) is 16.0 Å². The number of carbonyl (C=O) groups excluding carboxylic acids is 2. The van der Waals surface area contributed by atoms with Gasteiger partial charge in [0.2, 0.25) is 16.9 Å². The van der Waals surface area contributed by atoms with Crippen molar-refractivity contribution >= 4 is 28.3 Å². The van der Waals surface area contributed by atoms with Crippen molar-refractivity contribution in [2.45, 2.75) is 51.0 Å².